The number of hydrogen-bond donors (Lipinski definition) is 1. The van der Waals surface area contributed by atoms with Gasteiger partial charge in [0.05, 0.1) is 20.2 Å². The molecule has 8 heteroatoms. The van der Waals surface area contributed by atoms with Crippen molar-refractivity contribution in [1.29, 1.82) is 0 Å². The van der Waals surface area contributed by atoms with Crippen LogP contribution in [0.25, 0.3) is 0 Å². The fourth-order valence-electron chi connectivity index (χ4n) is 2.90. The van der Waals surface area contributed by atoms with Gasteiger partial charge in [0.2, 0.25) is 0 Å². The van der Waals surface area contributed by atoms with Gasteiger partial charge in [-0.25, -0.2) is 9.59 Å². The molecule has 0 spiro atoms. The Morgan fingerprint density at radius 1 is 1.08 bits per heavy atom. The Kier molecular flexibility index (Phi) is 8.60. The fourth-order valence-corrected chi connectivity index (χ4v) is 6.70. The van der Waals surface area contributed by atoms with Crippen molar-refractivity contribution < 1.29 is 24.4 Å². The third-order valence-electron chi connectivity index (χ3n) is 4.31. The first-order valence-electron chi connectivity index (χ1n) is 8.28. The van der Waals surface area contributed by atoms with Crippen LogP contribution >= 0.6 is 67.8 Å². The molecule has 0 saturated carbocycles. The van der Waals surface area contributed by atoms with Crippen LogP contribution in [0.5, 0.6) is 5.75 Å². The normalized spacial score (nSPS) is 15.9. The molecule has 1 aliphatic rings. The Balaban J connectivity index is 1.94. The number of quaternary nitrogens is 1. The molecule has 5 nitrogen and oxygen atoms in total. The van der Waals surface area contributed by atoms with E-state index in [9.17, 15) is 9.59 Å². The molecule has 26 heavy (non-hydrogen) atoms. The van der Waals surface area contributed by atoms with Crippen molar-refractivity contribution in [3.05, 3.63) is 35.0 Å². The summed E-state index contributed by atoms with van der Waals surface area (Å²) >= 11 is 6.46. The van der Waals surface area contributed by atoms with E-state index in [1.807, 2.05) is 26.0 Å². The summed E-state index contributed by atoms with van der Waals surface area (Å²) in [6.07, 6.45) is 4.31. The Morgan fingerprint density at radius 3 is 2.19 bits per heavy atom. The lowest BCUT2D eigenvalue weighted by atomic mass is 9.83. The lowest BCUT2D eigenvalue weighted by molar-refractivity contribution is -0.665. The van der Waals surface area contributed by atoms with Gasteiger partial charge in [-0.05, 0) is 93.8 Å². The summed E-state index contributed by atoms with van der Waals surface area (Å²) in [7, 11) is 0. The number of esters is 2. The number of carbonyl (C=O) groups excluding carboxylic acids is 2. The number of piperidine rings is 1. The second-order valence-corrected chi connectivity index (χ2v) is 10.2. The lowest BCUT2D eigenvalue weighted by Gasteiger charge is -2.35. The highest BCUT2D eigenvalue weighted by Gasteiger charge is 2.34. The van der Waals surface area contributed by atoms with Crippen LogP contribution in [0.15, 0.2) is 24.3 Å². The van der Waals surface area contributed by atoms with Gasteiger partial charge in [0.1, 0.15) is 5.60 Å². The Bertz CT molecular complexity index is 689. The topological polar surface area (TPSA) is 69.2 Å². The quantitative estimate of drug-likeness (QED) is 0.223. The van der Waals surface area contributed by atoms with Crippen LogP contribution in [0.2, 0.25) is 0 Å². The van der Waals surface area contributed by atoms with Crippen molar-refractivity contribution in [1.82, 2.24) is 0 Å². The maximum atomic E-state index is 12.1. The van der Waals surface area contributed by atoms with Gasteiger partial charge in [-0.3, -0.25) is 0 Å². The van der Waals surface area contributed by atoms with Crippen LogP contribution in [-0.2, 0) is 14.3 Å². The van der Waals surface area contributed by atoms with Crippen molar-refractivity contribution in [2.45, 2.75) is 32.3 Å². The highest BCUT2D eigenvalue weighted by Crippen LogP contribution is 2.30. The van der Waals surface area contributed by atoms with Crippen LogP contribution in [0, 0.1) is 16.6 Å². The van der Waals surface area contributed by atoms with Crippen LogP contribution in [0.3, 0.4) is 0 Å². The second kappa shape index (κ2) is 10.0. The van der Waals surface area contributed by atoms with Crippen LogP contribution in [-0.4, -0.2) is 30.6 Å². The third-order valence-corrected chi connectivity index (χ3v) is 6.53. The summed E-state index contributed by atoms with van der Waals surface area (Å²) in [4.78, 5) is 24.2. The van der Waals surface area contributed by atoms with E-state index in [1.165, 1.54) is 0 Å². The summed E-state index contributed by atoms with van der Waals surface area (Å²) < 4.78 is 13.7. The molecule has 0 unspecified atom stereocenters. The van der Waals surface area contributed by atoms with E-state index in [-0.39, 0.29) is 0 Å². The zero-order chi connectivity index (χ0) is 19.3. The average molecular weight is 696 g/mol. The first-order valence-corrected chi connectivity index (χ1v) is 11.5. The lowest BCUT2D eigenvalue weighted by Crippen LogP contribution is -2.86. The van der Waals surface area contributed by atoms with E-state index in [4.69, 9.17) is 9.47 Å². The molecule has 1 aliphatic heterocycles. The van der Waals surface area contributed by atoms with E-state index in [0.717, 1.165) is 48.8 Å². The molecule has 0 bridgehead atoms. The number of nitrogens with two attached hydrogens (primary N) is 1. The number of carbonyl (C=O) groups is 2. The first kappa shape index (κ1) is 22.3. The van der Waals surface area contributed by atoms with Crippen molar-refractivity contribution in [3.63, 3.8) is 0 Å². The smallest absolute Gasteiger partial charge is 0.336 e. The van der Waals surface area contributed by atoms with Crippen LogP contribution < -0.4 is 10.1 Å². The van der Waals surface area contributed by atoms with E-state index in [1.54, 1.807) is 0 Å². The zero-order valence-corrected chi connectivity index (χ0v) is 21.0. The molecule has 1 fully saturated rings. The van der Waals surface area contributed by atoms with Crippen molar-refractivity contribution in [2.75, 3.05) is 13.1 Å². The van der Waals surface area contributed by atoms with E-state index < -0.39 is 17.5 Å². The predicted molar refractivity (Wildman–Crippen MR) is 124 cm³/mol. The molecular formula is C18H21I3NO4+. The van der Waals surface area contributed by atoms with Gasteiger partial charge in [-0.2, -0.15) is 0 Å². The number of hydrogen-bond acceptors (Lipinski definition) is 4. The monoisotopic (exact) mass is 696 g/mol. The van der Waals surface area contributed by atoms with Gasteiger partial charge < -0.3 is 14.8 Å². The molecule has 0 aliphatic carbocycles. The molecule has 142 valence electrons. The molecule has 0 radical (unpaired) electrons. The minimum atomic E-state index is -0.593. The second-order valence-electron chi connectivity index (χ2n) is 6.62. The predicted octanol–water partition coefficient (Wildman–Crippen LogP) is 3.26. The molecule has 1 aromatic rings. The molecule has 1 aromatic carbocycles. The highest BCUT2D eigenvalue weighted by atomic mass is 127. The van der Waals surface area contributed by atoms with Crippen molar-refractivity contribution in [2.24, 2.45) is 5.92 Å². The Hall–Kier alpha value is 0.0500. The SMILES string of the molecule is CC(C)(OC(=O)/C=C\C(=O)Oc1c(I)cc(I)cc1I)C1CC[NH2+]CC1. The van der Waals surface area contributed by atoms with Crippen molar-refractivity contribution >= 4 is 79.7 Å². The maximum Gasteiger partial charge on any atom is 0.336 e. The standard InChI is InChI=1S/C18H20I3NO4/c1-18(2,11-5-7-22-8-6-11)26-16(24)4-3-15(23)25-17-13(20)9-12(19)10-14(17)21/h3-4,9-11,22H,5-8H2,1-2H3/p+1/b4-3-. The molecule has 0 aromatic heterocycles. The molecule has 0 amide bonds. The van der Waals surface area contributed by atoms with Gasteiger partial charge in [-0.1, -0.05) is 0 Å². The minimum Gasteiger partial charge on any atom is -0.456 e. The summed E-state index contributed by atoms with van der Waals surface area (Å²) in [6, 6.07) is 3.85. The number of ether oxygens (including phenoxy) is 2. The molecule has 2 rings (SSSR count). The van der Waals surface area contributed by atoms with E-state index in [0.29, 0.717) is 11.7 Å². The summed E-state index contributed by atoms with van der Waals surface area (Å²) in [6.45, 7) is 5.98. The Morgan fingerprint density at radius 2 is 1.62 bits per heavy atom. The largest absolute Gasteiger partial charge is 0.456 e. The van der Waals surface area contributed by atoms with Crippen LogP contribution in [0.1, 0.15) is 26.7 Å². The number of benzene rings is 1. The third kappa shape index (κ3) is 6.59. The molecular weight excluding hydrogens is 675 g/mol. The molecule has 0 atom stereocenters. The van der Waals surface area contributed by atoms with Gasteiger partial charge in [0, 0.05) is 34.5 Å². The highest BCUT2D eigenvalue weighted by molar-refractivity contribution is 14.1. The fraction of sp³-hybridized carbons (Fsp3) is 0.444. The summed E-state index contributed by atoms with van der Waals surface area (Å²) in [5, 5.41) is 2.28. The van der Waals surface area contributed by atoms with Crippen LogP contribution in [0.4, 0.5) is 0 Å². The van der Waals surface area contributed by atoms with Crippen molar-refractivity contribution in [3.8, 4) is 5.75 Å². The molecule has 1 heterocycles. The summed E-state index contributed by atoms with van der Waals surface area (Å²) in [5.41, 5.74) is -0.541. The maximum absolute atomic E-state index is 12.1. The van der Waals surface area contributed by atoms with E-state index in [2.05, 4.69) is 73.1 Å². The number of halogens is 3. The number of rotatable bonds is 5. The van der Waals surface area contributed by atoms with Gasteiger partial charge in [-0.15, -0.1) is 0 Å². The van der Waals surface area contributed by atoms with Gasteiger partial charge in [0.25, 0.3) is 0 Å². The first-order chi connectivity index (χ1) is 12.2. The van der Waals surface area contributed by atoms with Gasteiger partial charge >= 0.3 is 11.9 Å². The zero-order valence-electron chi connectivity index (χ0n) is 14.6. The minimum absolute atomic E-state index is 0.340. The Labute approximate surface area is 194 Å². The van der Waals surface area contributed by atoms with Gasteiger partial charge in [0.15, 0.2) is 5.75 Å². The average Bonchev–Trinajstić information content (AvgIpc) is 2.56. The molecule has 2 N–H and O–H groups in total. The summed E-state index contributed by atoms with van der Waals surface area (Å²) in [5.74, 6) is -0.266. The molecule has 1 saturated heterocycles. The van der Waals surface area contributed by atoms with E-state index >= 15 is 0 Å².